The Hall–Kier alpha value is -0.280. The third kappa shape index (κ3) is 1.90. The van der Waals surface area contributed by atoms with Crippen LogP contribution in [0.5, 0.6) is 0 Å². The quantitative estimate of drug-likeness (QED) is 0.685. The summed E-state index contributed by atoms with van der Waals surface area (Å²) in [6.07, 6.45) is 4.80. The van der Waals surface area contributed by atoms with Gasteiger partial charge in [0.1, 0.15) is 18.0 Å². The first-order valence-electron chi connectivity index (χ1n) is 12.7. The van der Waals surface area contributed by atoms with E-state index < -0.39 is 17.3 Å². The van der Waals surface area contributed by atoms with Crippen LogP contribution >= 0.6 is 0 Å². The van der Waals surface area contributed by atoms with Crippen molar-refractivity contribution in [2.45, 2.75) is 74.6 Å². The molecule has 12 atom stereocenters. The Morgan fingerprint density at radius 2 is 1.91 bits per heavy atom. The Bertz CT molecular complexity index is 811. The Labute approximate surface area is 191 Å². The van der Waals surface area contributed by atoms with E-state index in [9.17, 15) is 5.11 Å². The van der Waals surface area contributed by atoms with Gasteiger partial charge < -0.3 is 28.8 Å². The predicted molar refractivity (Wildman–Crippen MR) is 115 cm³/mol. The standard InChI is InChI=1S/C25H39NO6/c1-5-26-11-22(12-28-2)7-6-18(30-4)25-15-8-14-16(29-3)9-23(19(15)20(14)27)24(21(25)26,10-17(22)25)32-13-31-23/h14-21,27H,5-13H2,1-4H3. The molecule has 32 heavy (non-hydrogen) atoms. The molecule has 2 saturated heterocycles. The molecule has 2 heterocycles. The molecular formula is C25H39NO6. The van der Waals surface area contributed by atoms with E-state index in [4.69, 9.17) is 23.7 Å². The number of aliphatic hydroxyl groups is 1. The van der Waals surface area contributed by atoms with E-state index in [1.807, 2.05) is 14.2 Å². The Morgan fingerprint density at radius 3 is 2.62 bits per heavy atom. The molecule has 7 aliphatic rings. The SMILES string of the molecule is CCN1CC2(COC)CCC(OC)C34C5CC6C(OC)CC7(OCOC7(CC23)C14)C5C6O. The van der Waals surface area contributed by atoms with Crippen LogP contribution in [0.2, 0.25) is 0 Å². The van der Waals surface area contributed by atoms with Crippen molar-refractivity contribution < 1.29 is 28.8 Å². The molecule has 7 fully saturated rings. The maximum absolute atomic E-state index is 11.7. The molecule has 7 rings (SSSR count). The second kappa shape index (κ2) is 6.48. The maximum Gasteiger partial charge on any atom is 0.148 e. The van der Waals surface area contributed by atoms with Crippen LogP contribution in [-0.2, 0) is 23.7 Å². The number of piperidine rings is 1. The molecule has 0 aromatic rings. The minimum atomic E-state index is -0.479. The highest BCUT2D eigenvalue weighted by Gasteiger charge is 2.90. The fourth-order valence-electron chi connectivity index (χ4n) is 11.3. The zero-order valence-electron chi connectivity index (χ0n) is 19.9. The monoisotopic (exact) mass is 449 g/mol. The van der Waals surface area contributed by atoms with Gasteiger partial charge in [-0.25, -0.2) is 0 Å². The normalized spacial score (nSPS) is 61.8. The van der Waals surface area contributed by atoms with Gasteiger partial charge in [0.15, 0.2) is 0 Å². The predicted octanol–water partition coefficient (Wildman–Crippen LogP) is 1.67. The number of hydrogen-bond donors (Lipinski definition) is 1. The van der Waals surface area contributed by atoms with Crippen molar-refractivity contribution >= 4 is 0 Å². The van der Waals surface area contributed by atoms with E-state index >= 15 is 0 Å². The summed E-state index contributed by atoms with van der Waals surface area (Å²) in [4.78, 5) is 2.71. The van der Waals surface area contributed by atoms with Gasteiger partial charge in [0.25, 0.3) is 0 Å². The first-order valence-corrected chi connectivity index (χ1v) is 12.7. The molecule has 0 radical (unpaired) electrons. The van der Waals surface area contributed by atoms with Crippen molar-refractivity contribution in [3.63, 3.8) is 0 Å². The highest BCUT2D eigenvalue weighted by atomic mass is 16.7. The Kier molecular flexibility index (Phi) is 4.26. The zero-order valence-corrected chi connectivity index (χ0v) is 19.9. The minimum absolute atomic E-state index is 0.0174. The summed E-state index contributed by atoms with van der Waals surface area (Å²) >= 11 is 0. The molecule has 1 N–H and O–H groups in total. The van der Waals surface area contributed by atoms with Crippen molar-refractivity contribution in [2.75, 3.05) is 47.8 Å². The van der Waals surface area contributed by atoms with Crippen LogP contribution < -0.4 is 0 Å². The van der Waals surface area contributed by atoms with Gasteiger partial charge in [-0.3, -0.25) is 4.90 Å². The molecule has 12 unspecified atom stereocenters. The van der Waals surface area contributed by atoms with Gasteiger partial charge in [-0.2, -0.15) is 0 Å². The fourth-order valence-corrected chi connectivity index (χ4v) is 11.3. The van der Waals surface area contributed by atoms with Crippen LogP contribution in [0, 0.1) is 34.5 Å². The number of likely N-dealkylation sites (tertiary alicyclic amines) is 1. The number of rotatable bonds is 5. The first kappa shape index (κ1) is 21.0. The zero-order chi connectivity index (χ0) is 22.1. The van der Waals surface area contributed by atoms with E-state index in [-0.39, 0.29) is 40.9 Å². The van der Waals surface area contributed by atoms with E-state index in [2.05, 4.69) is 11.8 Å². The van der Waals surface area contributed by atoms with Crippen LogP contribution in [0.25, 0.3) is 0 Å². The number of nitrogens with zero attached hydrogens (tertiary/aromatic N) is 1. The molecule has 5 saturated carbocycles. The summed E-state index contributed by atoms with van der Waals surface area (Å²) < 4.78 is 31.9. The number of aliphatic hydroxyl groups excluding tert-OH is 1. The van der Waals surface area contributed by atoms with Crippen molar-refractivity contribution in [3.8, 4) is 0 Å². The molecule has 0 aromatic heterocycles. The van der Waals surface area contributed by atoms with Crippen molar-refractivity contribution in [1.29, 1.82) is 0 Å². The van der Waals surface area contributed by atoms with Gasteiger partial charge in [0.05, 0.1) is 31.0 Å². The third-order valence-corrected chi connectivity index (χ3v) is 11.8. The lowest BCUT2D eigenvalue weighted by molar-refractivity contribution is -0.285. The topological polar surface area (TPSA) is 69.6 Å². The van der Waals surface area contributed by atoms with E-state index in [1.54, 1.807) is 7.11 Å². The van der Waals surface area contributed by atoms with Crippen LogP contribution in [0.4, 0.5) is 0 Å². The summed E-state index contributed by atoms with van der Waals surface area (Å²) in [6.45, 7) is 5.44. The van der Waals surface area contributed by atoms with E-state index in [0.717, 1.165) is 51.8 Å². The van der Waals surface area contributed by atoms with Crippen LogP contribution in [0.1, 0.15) is 39.0 Å². The van der Waals surface area contributed by atoms with Gasteiger partial charge >= 0.3 is 0 Å². The van der Waals surface area contributed by atoms with Crippen molar-refractivity contribution in [3.05, 3.63) is 0 Å². The summed E-state index contributed by atoms with van der Waals surface area (Å²) in [5.41, 5.74) is -0.833. The fraction of sp³-hybridized carbons (Fsp3) is 1.00. The maximum atomic E-state index is 11.7. The van der Waals surface area contributed by atoms with Gasteiger partial charge in [-0.05, 0) is 44.1 Å². The van der Waals surface area contributed by atoms with Crippen LogP contribution in [-0.4, -0.2) is 93.4 Å². The van der Waals surface area contributed by atoms with Crippen molar-refractivity contribution in [2.24, 2.45) is 34.5 Å². The van der Waals surface area contributed by atoms with Gasteiger partial charge in [0, 0.05) is 57.0 Å². The second-order valence-electron chi connectivity index (χ2n) is 12.0. The average Bonchev–Trinajstić information content (AvgIpc) is 3.34. The van der Waals surface area contributed by atoms with Crippen LogP contribution in [0.3, 0.4) is 0 Å². The molecule has 5 aliphatic carbocycles. The lowest BCUT2D eigenvalue weighted by Crippen LogP contribution is -2.80. The largest absolute Gasteiger partial charge is 0.392 e. The molecule has 180 valence electrons. The van der Waals surface area contributed by atoms with E-state index in [0.29, 0.717) is 18.6 Å². The van der Waals surface area contributed by atoms with Crippen LogP contribution in [0.15, 0.2) is 0 Å². The van der Waals surface area contributed by atoms with Gasteiger partial charge in [-0.15, -0.1) is 0 Å². The highest BCUT2D eigenvalue weighted by Crippen LogP contribution is 2.82. The summed E-state index contributed by atoms with van der Waals surface area (Å²) in [5, 5.41) is 11.7. The van der Waals surface area contributed by atoms with Gasteiger partial charge in [0.2, 0.25) is 0 Å². The molecule has 7 heteroatoms. The molecule has 2 aliphatic heterocycles. The summed E-state index contributed by atoms with van der Waals surface area (Å²) in [7, 11) is 5.56. The minimum Gasteiger partial charge on any atom is -0.392 e. The average molecular weight is 450 g/mol. The number of hydrogen-bond acceptors (Lipinski definition) is 7. The van der Waals surface area contributed by atoms with Gasteiger partial charge in [-0.1, -0.05) is 6.92 Å². The van der Waals surface area contributed by atoms with Crippen molar-refractivity contribution in [1.82, 2.24) is 4.90 Å². The molecule has 3 spiro atoms. The lowest BCUT2D eigenvalue weighted by Gasteiger charge is -2.70. The Morgan fingerprint density at radius 1 is 1.09 bits per heavy atom. The lowest BCUT2D eigenvalue weighted by atomic mass is 9.42. The molecule has 0 amide bonds. The second-order valence-corrected chi connectivity index (χ2v) is 12.0. The summed E-state index contributed by atoms with van der Waals surface area (Å²) in [6, 6.07) is 0.255. The number of likely N-dealkylation sites (N-methyl/N-ethyl adjacent to an activating group) is 1. The number of methoxy groups -OCH3 is 3. The number of ether oxygens (including phenoxy) is 5. The Balaban J connectivity index is 1.52. The molecule has 7 bridgehead atoms. The van der Waals surface area contributed by atoms with E-state index in [1.165, 1.54) is 0 Å². The molecular weight excluding hydrogens is 410 g/mol. The molecule has 7 nitrogen and oxygen atoms in total. The first-order chi connectivity index (χ1) is 15.5. The third-order valence-electron chi connectivity index (χ3n) is 11.8. The highest BCUT2D eigenvalue weighted by molar-refractivity contribution is 5.40. The smallest absolute Gasteiger partial charge is 0.148 e. The number of fused-ring (bicyclic) bond motifs is 1. The molecule has 0 aromatic carbocycles. The summed E-state index contributed by atoms with van der Waals surface area (Å²) in [5.74, 6) is 1.08.